The molecule has 1 aromatic heterocycles. The van der Waals surface area contributed by atoms with E-state index in [2.05, 4.69) is 17.1 Å². The summed E-state index contributed by atoms with van der Waals surface area (Å²) in [5.74, 6) is -2.06. The zero-order valence-corrected chi connectivity index (χ0v) is 13.9. The van der Waals surface area contributed by atoms with Crippen molar-refractivity contribution in [3.63, 3.8) is 0 Å². The van der Waals surface area contributed by atoms with Crippen molar-refractivity contribution in [1.29, 1.82) is 0 Å². The van der Waals surface area contributed by atoms with Gasteiger partial charge in [-0.05, 0) is 30.2 Å². The quantitative estimate of drug-likeness (QED) is 0.864. The van der Waals surface area contributed by atoms with E-state index in [0.717, 1.165) is 0 Å². The van der Waals surface area contributed by atoms with Crippen molar-refractivity contribution >= 4 is 35.1 Å². The molecule has 1 aliphatic rings. The molecule has 5 nitrogen and oxygen atoms in total. The third-order valence-electron chi connectivity index (χ3n) is 3.63. The van der Waals surface area contributed by atoms with Crippen molar-refractivity contribution in [3.8, 4) is 0 Å². The highest BCUT2D eigenvalue weighted by molar-refractivity contribution is 5.90. The van der Waals surface area contributed by atoms with Gasteiger partial charge in [-0.25, -0.2) is 4.79 Å². The van der Waals surface area contributed by atoms with Crippen molar-refractivity contribution < 1.29 is 19.8 Å². The summed E-state index contributed by atoms with van der Waals surface area (Å²) in [6.07, 6.45) is 8.11. The molecule has 0 radical (unpaired) electrons. The van der Waals surface area contributed by atoms with Crippen LogP contribution in [0.4, 0.5) is 0 Å². The zero-order chi connectivity index (χ0) is 16.9. The van der Waals surface area contributed by atoms with Crippen molar-refractivity contribution in [3.05, 3.63) is 66.5 Å². The molecule has 6 heteroatoms. The molecular formula is C18H18ClNO4. The van der Waals surface area contributed by atoms with Gasteiger partial charge in [0.2, 0.25) is 0 Å². The van der Waals surface area contributed by atoms with Crippen LogP contribution in [0.5, 0.6) is 0 Å². The molecule has 0 aliphatic heterocycles. The Morgan fingerprint density at radius 1 is 1.12 bits per heavy atom. The summed E-state index contributed by atoms with van der Waals surface area (Å²) >= 11 is 0. The maximum atomic E-state index is 10.8. The van der Waals surface area contributed by atoms with Crippen LogP contribution < -0.4 is 0 Å². The van der Waals surface area contributed by atoms with Crippen LogP contribution in [0.25, 0.3) is 10.8 Å². The summed E-state index contributed by atoms with van der Waals surface area (Å²) in [6, 6.07) is 10.2. The van der Waals surface area contributed by atoms with Gasteiger partial charge in [-0.15, -0.1) is 12.4 Å². The number of halogens is 1. The van der Waals surface area contributed by atoms with E-state index < -0.39 is 17.4 Å². The van der Waals surface area contributed by atoms with E-state index in [1.165, 1.54) is 35.9 Å². The Hall–Kier alpha value is -2.66. The van der Waals surface area contributed by atoms with Crippen LogP contribution in [0.15, 0.2) is 66.5 Å². The second-order valence-corrected chi connectivity index (χ2v) is 5.48. The fourth-order valence-corrected chi connectivity index (χ4v) is 2.21. The summed E-state index contributed by atoms with van der Waals surface area (Å²) in [5, 5.41) is 19.9. The maximum absolute atomic E-state index is 10.8. The highest BCUT2D eigenvalue weighted by Gasteiger charge is 2.34. The Balaban J connectivity index is 0.000000236. The molecule has 0 saturated heterocycles. The largest absolute Gasteiger partial charge is 0.481 e. The minimum atomic E-state index is -1.08. The summed E-state index contributed by atoms with van der Waals surface area (Å²) in [7, 11) is 0. The van der Waals surface area contributed by atoms with Gasteiger partial charge in [0.25, 0.3) is 0 Å². The molecule has 1 aliphatic carbocycles. The van der Waals surface area contributed by atoms with Crippen LogP contribution in [0, 0.1) is 5.41 Å². The minimum Gasteiger partial charge on any atom is -0.481 e. The van der Waals surface area contributed by atoms with Crippen LogP contribution >= 0.6 is 12.4 Å². The zero-order valence-electron chi connectivity index (χ0n) is 13.0. The first-order chi connectivity index (χ1) is 10.9. The number of fused-ring (bicyclic) bond motifs is 1. The maximum Gasteiger partial charge on any atom is 0.331 e. The van der Waals surface area contributed by atoms with Crippen LogP contribution in [-0.4, -0.2) is 27.1 Å². The molecule has 0 amide bonds. The normalized spacial score (nSPS) is 18.6. The number of benzene rings is 1. The van der Waals surface area contributed by atoms with E-state index in [1.807, 2.05) is 30.6 Å². The molecule has 1 aromatic carbocycles. The van der Waals surface area contributed by atoms with E-state index >= 15 is 0 Å². The van der Waals surface area contributed by atoms with Crippen molar-refractivity contribution in [2.24, 2.45) is 5.41 Å². The predicted octanol–water partition coefficient (Wildman–Crippen LogP) is 3.70. The number of carboxylic acid groups (broad SMARTS) is 2. The fraction of sp³-hybridized carbons (Fsp3) is 0.167. The number of pyridine rings is 1. The lowest BCUT2D eigenvalue weighted by atomic mass is 9.80. The van der Waals surface area contributed by atoms with Gasteiger partial charge >= 0.3 is 11.9 Å². The van der Waals surface area contributed by atoms with E-state index in [-0.39, 0.29) is 24.4 Å². The molecule has 0 saturated carbocycles. The van der Waals surface area contributed by atoms with Crippen LogP contribution in [-0.2, 0) is 9.59 Å². The molecule has 0 bridgehead atoms. The summed E-state index contributed by atoms with van der Waals surface area (Å²) in [4.78, 5) is 25.4. The first kappa shape index (κ1) is 19.4. The number of nitrogens with zero attached hydrogens (tertiary/aromatic N) is 1. The van der Waals surface area contributed by atoms with Gasteiger partial charge in [0.1, 0.15) is 0 Å². The first-order valence-electron chi connectivity index (χ1n) is 7.06. The number of rotatable bonds is 2. The standard InChI is InChI=1S/C9H7N.C9H10O4.ClH/c1-2-4-9-7-10-6-5-8(9)3-1;1-9(8(12)13)4-2-3-6(5-9)7(10)11;/h1-7H;2-4H,5H2,1H3,(H,10,11)(H,12,13);1H. The Bertz CT molecular complexity index is 735. The fourth-order valence-electron chi connectivity index (χ4n) is 2.21. The third-order valence-corrected chi connectivity index (χ3v) is 3.63. The van der Waals surface area contributed by atoms with Crippen LogP contribution in [0.3, 0.4) is 0 Å². The summed E-state index contributed by atoms with van der Waals surface area (Å²) < 4.78 is 0. The molecule has 0 fully saturated rings. The van der Waals surface area contributed by atoms with Gasteiger partial charge in [0, 0.05) is 18.0 Å². The summed E-state index contributed by atoms with van der Waals surface area (Å²) in [5.41, 5.74) is -0.949. The van der Waals surface area contributed by atoms with E-state index in [4.69, 9.17) is 10.2 Å². The Morgan fingerprint density at radius 3 is 2.38 bits per heavy atom. The van der Waals surface area contributed by atoms with Gasteiger partial charge in [-0.2, -0.15) is 0 Å². The van der Waals surface area contributed by atoms with Crippen LogP contribution in [0.1, 0.15) is 13.3 Å². The lowest BCUT2D eigenvalue weighted by Crippen LogP contribution is -2.28. The smallest absolute Gasteiger partial charge is 0.331 e. The molecule has 0 spiro atoms. The van der Waals surface area contributed by atoms with Crippen LogP contribution in [0.2, 0.25) is 0 Å². The van der Waals surface area contributed by atoms with Crippen molar-refractivity contribution in [2.75, 3.05) is 0 Å². The molecule has 126 valence electrons. The number of allylic oxidation sites excluding steroid dienone is 2. The first-order valence-corrected chi connectivity index (χ1v) is 7.06. The molecule has 1 atom stereocenters. The van der Waals surface area contributed by atoms with Gasteiger partial charge in [0.15, 0.2) is 0 Å². The van der Waals surface area contributed by atoms with Crippen molar-refractivity contribution in [1.82, 2.24) is 4.98 Å². The average molecular weight is 348 g/mol. The lowest BCUT2D eigenvalue weighted by Gasteiger charge is -2.23. The molecular weight excluding hydrogens is 330 g/mol. The topological polar surface area (TPSA) is 87.5 Å². The number of aromatic nitrogens is 1. The number of aliphatic carboxylic acids is 2. The van der Waals surface area contributed by atoms with E-state index in [9.17, 15) is 9.59 Å². The molecule has 3 rings (SSSR count). The van der Waals surface area contributed by atoms with Crippen molar-refractivity contribution in [2.45, 2.75) is 13.3 Å². The molecule has 24 heavy (non-hydrogen) atoms. The Labute approximate surface area is 145 Å². The number of hydrogen-bond acceptors (Lipinski definition) is 3. The molecule has 1 heterocycles. The average Bonchev–Trinajstić information content (AvgIpc) is 2.55. The van der Waals surface area contributed by atoms with Gasteiger partial charge in [-0.3, -0.25) is 9.78 Å². The van der Waals surface area contributed by atoms with E-state index in [1.54, 1.807) is 0 Å². The van der Waals surface area contributed by atoms with Gasteiger partial charge in [0.05, 0.1) is 5.41 Å². The minimum absolute atomic E-state index is 0. The highest BCUT2D eigenvalue weighted by atomic mass is 35.5. The third kappa shape index (κ3) is 4.67. The molecule has 2 N–H and O–H groups in total. The SMILES string of the molecule is CC1(C(=O)O)C=CC=C(C(=O)O)C1.Cl.c1ccc2cnccc2c1. The summed E-state index contributed by atoms with van der Waals surface area (Å²) in [6.45, 7) is 1.50. The van der Waals surface area contributed by atoms with Gasteiger partial charge in [-0.1, -0.05) is 42.5 Å². The molecule has 1 unspecified atom stereocenters. The Kier molecular flexibility index (Phi) is 6.68. The second kappa shape index (κ2) is 8.26. The lowest BCUT2D eigenvalue weighted by molar-refractivity contribution is -0.145. The Morgan fingerprint density at radius 2 is 1.79 bits per heavy atom. The predicted molar refractivity (Wildman–Crippen MR) is 94.2 cm³/mol. The second-order valence-electron chi connectivity index (χ2n) is 5.48. The molecule has 2 aromatic rings. The highest BCUT2D eigenvalue weighted by Crippen LogP contribution is 2.31. The number of carboxylic acids is 2. The van der Waals surface area contributed by atoms with E-state index in [0.29, 0.717) is 0 Å². The number of hydrogen-bond donors (Lipinski definition) is 2. The number of carbonyl (C=O) groups is 2. The monoisotopic (exact) mass is 347 g/mol. The van der Waals surface area contributed by atoms with Gasteiger partial charge < -0.3 is 10.2 Å².